The lowest BCUT2D eigenvalue weighted by molar-refractivity contribution is 0.0724. The van der Waals surface area contributed by atoms with Crippen LogP contribution in [-0.4, -0.2) is 38.7 Å². The Kier molecular flexibility index (Phi) is 6.10. The minimum absolute atomic E-state index is 0.00946. The number of piperidine rings is 1. The molecule has 1 fully saturated rings. The van der Waals surface area contributed by atoms with E-state index in [4.69, 9.17) is 11.6 Å². The first kappa shape index (κ1) is 19.5. The Labute approximate surface area is 175 Å². The van der Waals surface area contributed by atoms with Crippen molar-refractivity contribution in [2.24, 2.45) is 0 Å². The van der Waals surface area contributed by atoms with E-state index in [1.165, 1.54) is 12.0 Å². The molecule has 0 atom stereocenters. The Hall–Kier alpha value is -2.86. The van der Waals surface area contributed by atoms with Crippen molar-refractivity contribution in [2.75, 3.05) is 18.4 Å². The number of amides is 1. The van der Waals surface area contributed by atoms with Crippen molar-refractivity contribution < 1.29 is 4.79 Å². The number of nitrogens with one attached hydrogen (secondary N) is 1. The molecule has 0 bridgehead atoms. The van der Waals surface area contributed by atoms with Crippen molar-refractivity contribution in [3.63, 3.8) is 0 Å². The van der Waals surface area contributed by atoms with E-state index >= 15 is 0 Å². The second-order valence-electron chi connectivity index (χ2n) is 7.23. The van der Waals surface area contributed by atoms with Crippen LogP contribution in [-0.2, 0) is 13.1 Å². The summed E-state index contributed by atoms with van der Waals surface area (Å²) in [4.78, 5) is 18.9. The second kappa shape index (κ2) is 9.09. The molecule has 2 aromatic heterocycles. The molecule has 1 saturated heterocycles. The molecule has 0 aliphatic carbocycles. The number of rotatable bonds is 6. The summed E-state index contributed by atoms with van der Waals surface area (Å²) in [7, 11) is 0. The zero-order valence-corrected chi connectivity index (χ0v) is 17.0. The van der Waals surface area contributed by atoms with E-state index < -0.39 is 0 Å². The third kappa shape index (κ3) is 4.77. The summed E-state index contributed by atoms with van der Waals surface area (Å²) in [5.74, 6) is 0.589. The van der Waals surface area contributed by atoms with Gasteiger partial charge in [-0.1, -0.05) is 35.9 Å². The Bertz CT molecular complexity index is 967. The van der Waals surface area contributed by atoms with Crippen LogP contribution in [0.25, 0.3) is 0 Å². The topological polar surface area (TPSA) is 63.1 Å². The van der Waals surface area contributed by atoms with Gasteiger partial charge in [0.25, 0.3) is 5.91 Å². The fraction of sp³-hybridized carbons (Fsp3) is 0.318. The van der Waals surface area contributed by atoms with Crippen molar-refractivity contribution in [1.29, 1.82) is 0 Å². The molecule has 1 aliphatic rings. The number of nitrogens with zero attached hydrogens (tertiary/aromatic N) is 4. The van der Waals surface area contributed by atoms with E-state index in [0.717, 1.165) is 31.5 Å². The van der Waals surface area contributed by atoms with Crippen molar-refractivity contribution in [3.8, 4) is 0 Å². The normalized spacial score (nSPS) is 14.0. The molecule has 1 N–H and O–H groups in total. The number of hydrogen-bond donors (Lipinski definition) is 1. The Balaban J connectivity index is 1.43. The molecular weight excluding hydrogens is 386 g/mol. The summed E-state index contributed by atoms with van der Waals surface area (Å²) >= 11 is 6.42. The van der Waals surface area contributed by atoms with Crippen LogP contribution >= 0.6 is 11.6 Å². The maximum absolute atomic E-state index is 12.6. The largest absolute Gasteiger partial charge is 0.365 e. The van der Waals surface area contributed by atoms with E-state index in [0.29, 0.717) is 29.5 Å². The van der Waals surface area contributed by atoms with Gasteiger partial charge < -0.3 is 10.2 Å². The van der Waals surface area contributed by atoms with Gasteiger partial charge in [-0.2, -0.15) is 5.10 Å². The third-order valence-electron chi connectivity index (χ3n) is 5.19. The molecule has 6 nitrogen and oxygen atoms in total. The number of benzene rings is 1. The van der Waals surface area contributed by atoms with Crippen molar-refractivity contribution in [1.82, 2.24) is 19.7 Å². The van der Waals surface area contributed by atoms with Gasteiger partial charge in [-0.05, 0) is 42.5 Å². The number of anilines is 1. The molecule has 0 radical (unpaired) electrons. The minimum Gasteiger partial charge on any atom is -0.365 e. The number of carbonyl (C=O) groups is 1. The van der Waals surface area contributed by atoms with Gasteiger partial charge in [0.1, 0.15) is 5.82 Å². The lowest BCUT2D eigenvalue weighted by Gasteiger charge is -2.26. The Morgan fingerprint density at radius 2 is 1.90 bits per heavy atom. The number of hydrogen-bond acceptors (Lipinski definition) is 4. The average Bonchev–Trinajstić information content (AvgIpc) is 3.27. The minimum atomic E-state index is 0.00946. The van der Waals surface area contributed by atoms with Crippen LogP contribution in [0.3, 0.4) is 0 Å². The van der Waals surface area contributed by atoms with Crippen LogP contribution in [0.4, 0.5) is 5.82 Å². The summed E-state index contributed by atoms with van der Waals surface area (Å²) in [5, 5.41) is 8.03. The van der Waals surface area contributed by atoms with E-state index in [-0.39, 0.29) is 5.91 Å². The van der Waals surface area contributed by atoms with Gasteiger partial charge in [0.2, 0.25) is 0 Å². The zero-order chi connectivity index (χ0) is 20.1. The van der Waals surface area contributed by atoms with Gasteiger partial charge >= 0.3 is 0 Å². The molecule has 3 aromatic rings. The van der Waals surface area contributed by atoms with Crippen LogP contribution in [0.2, 0.25) is 5.02 Å². The predicted molar refractivity (Wildman–Crippen MR) is 114 cm³/mol. The highest BCUT2D eigenvalue weighted by Crippen LogP contribution is 2.23. The maximum Gasteiger partial charge on any atom is 0.255 e. The molecule has 1 aliphatic heterocycles. The first-order valence-corrected chi connectivity index (χ1v) is 10.3. The molecule has 150 valence electrons. The highest BCUT2D eigenvalue weighted by molar-refractivity contribution is 6.33. The fourth-order valence-electron chi connectivity index (χ4n) is 3.60. The van der Waals surface area contributed by atoms with E-state index in [2.05, 4.69) is 27.5 Å². The van der Waals surface area contributed by atoms with E-state index in [1.807, 2.05) is 34.0 Å². The molecule has 3 heterocycles. The van der Waals surface area contributed by atoms with Gasteiger partial charge in [-0.25, -0.2) is 4.98 Å². The van der Waals surface area contributed by atoms with Crippen LogP contribution < -0.4 is 5.32 Å². The predicted octanol–water partition coefficient (Wildman–Crippen LogP) is 4.22. The Morgan fingerprint density at radius 3 is 2.62 bits per heavy atom. The summed E-state index contributed by atoms with van der Waals surface area (Å²) in [5.41, 5.74) is 2.87. The molecule has 1 aromatic carbocycles. The van der Waals surface area contributed by atoms with Crippen molar-refractivity contribution >= 4 is 23.3 Å². The molecule has 7 heteroatoms. The van der Waals surface area contributed by atoms with Crippen LogP contribution in [0, 0.1) is 0 Å². The summed E-state index contributed by atoms with van der Waals surface area (Å²) in [6, 6.07) is 11.8. The number of aromatic nitrogens is 3. The molecule has 0 unspecified atom stereocenters. The standard InChI is InChI=1S/C22H24ClN5O/c23-20-13-19(22(29)27-10-4-1-5-11-27)15-25-21(20)24-14-17-7-2-3-8-18(17)16-28-12-6-9-26-28/h2-3,6-9,12-13,15H,1,4-5,10-11,14,16H2,(H,24,25). The smallest absolute Gasteiger partial charge is 0.255 e. The quantitative estimate of drug-likeness (QED) is 0.662. The number of pyridine rings is 1. The van der Waals surface area contributed by atoms with Gasteiger partial charge in [0.05, 0.1) is 17.1 Å². The second-order valence-corrected chi connectivity index (χ2v) is 7.64. The summed E-state index contributed by atoms with van der Waals surface area (Å²) in [6.07, 6.45) is 8.64. The summed E-state index contributed by atoms with van der Waals surface area (Å²) in [6.45, 7) is 2.91. The molecule has 0 saturated carbocycles. The first-order valence-electron chi connectivity index (χ1n) is 9.93. The third-order valence-corrected chi connectivity index (χ3v) is 5.48. The van der Waals surface area contributed by atoms with Crippen molar-refractivity contribution in [3.05, 3.63) is 76.7 Å². The SMILES string of the molecule is O=C(c1cnc(NCc2ccccc2Cn2cccn2)c(Cl)c1)N1CCCCC1. The van der Waals surface area contributed by atoms with E-state index in [1.54, 1.807) is 18.5 Å². The Morgan fingerprint density at radius 1 is 1.10 bits per heavy atom. The molecule has 4 rings (SSSR count). The van der Waals surface area contributed by atoms with Gasteiger partial charge in [-0.3, -0.25) is 9.48 Å². The first-order chi connectivity index (χ1) is 14.2. The lowest BCUT2D eigenvalue weighted by Crippen LogP contribution is -2.35. The van der Waals surface area contributed by atoms with Gasteiger partial charge in [-0.15, -0.1) is 0 Å². The summed E-state index contributed by atoms with van der Waals surface area (Å²) < 4.78 is 1.89. The maximum atomic E-state index is 12.6. The van der Waals surface area contributed by atoms with Crippen LogP contribution in [0.1, 0.15) is 40.7 Å². The van der Waals surface area contributed by atoms with Crippen molar-refractivity contribution in [2.45, 2.75) is 32.4 Å². The van der Waals surface area contributed by atoms with Gasteiger partial charge in [0.15, 0.2) is 0 Å². The molecule has 1 amide bonds. The highest BCUT2D eigenvalue weighted by Gasteiger charge is 2.19. The zero-order valence-electron chi connectivity index (χ0n) is 16.2. The fourth-order valence-corrected chi connectivity index (χ4v) is 3.83. The monoisotopic (exact) mass is 409 g/mol. The van der Waals surface area contributed by atoms with Crippen LogP contribution in [0.5, 0.6) is 0 Å². The number of likely N-dealkylation sites (tertiary alicyclic amines) is 1. The molecular formula is C22H24ClN5O. The highest BCUT2D eigenvalue weighted by atomic mass is 35.5. The average molecular weight is 410 g/mol. The number of carbonyl (C=O) groups excluding carboxylic acids is 1. The van der Waals surface area contributed by atoms with E-state index in [9.17, 15) is 4.79 Å². The van der Waals surface area contributed by atoms with Crippen LogP contribution in [0.15, 0.2) is 55.0 Å². The number of halogens is 1. The lowest BCUT2D eigenvalue weighted by atomic mass is 10.1. The molecule has 29 heavy (non-hydrogen) atoms. The molecule has 0 spiro atoms. The van der Waals surface area contributed by atoms with Gasteiger partial charge in [0, 0.05) is 38.2 Å².